The maximum Gasteiger partial charge on any atom is 0.573 e. The van der Waals surface area contributed by atoms with E-state index in [9.17, 15) is 18.0 Å². The number of nitriles is 1. The Balaban J connectivity index is 1.92. The van der Waals surface area contributed by atoms with Gasteiger partial charge in [0.2, 0.25) is 11.8 Å². The molecular weight excluding hydrogens is 339 g/mol. The van der Waals surface area contributed by atoms with Crippen LogP contribution in [-0.4, -0.2) is 29.9 Å². The van der Waals surface area contributed by atoms with Gasteiger partial charge in [0.05, 0.1) is 11.6 Å². The number of amides is 1. The number of nitrogens with one attached hydrogen (secondary N) is 1. The van der Waals surface area contributed by atoms with E-state index in [-0.39, 0.29) is 35.4 Å². The third kappa shape index (κ3) is 3.91. The van der Waals surface area contributed by atoms with E-state index in [1.54, 1.807) is 12.1 Å². The van der Waals surface area contributed by atoms with E-state index in [1.807, 2.05) is 0 Å². The molecule has 1 fully saturated rings. The molecule has 1 aliphatic rings. The van der Waals surface area contributed by atoms with Crippen LogP contribution >= 0.6 is 0 Å². The van der Waals surface area contributed by atoms with Crippen LogP contribution < -0.4 is 14.8 Å². The number of nitrogens with zero attached hydrogens (tertiary/aromatic N) is 2. The highest BCUT2D eigenvalue weighted by Gasteiger charge is 2.32. The van der Waals surface area contributed by atoms with Crippen LogP contribution in [0.2, 0.25) is 0 Å². The molecule has 0 unspecified atom stereocenters. The van der Waals surface area contributed by atoms with E-state index in [2.05, 4.69) is 15.0 Å². The number of alkyl halides is 3. The van der Waals surface area contributed by atoms with Crippen molar-refractivity contribution < 1.29 is 27.4 Å². The quantitative estimate of drug-likeness (QED) is 0.915. The molecule has 25 heavy (non-hydrogen) atoms. The summed E-state index contributed by atoms with van der Waals surface area (Å²) in [6.07, 6.45) is -2.47. The molecule has 2 heterocycles. The summed E-state index contributed by atoms with van der Waals surface area (Å²) >= 11 is 0. The summed E-state index contributed by atoms with van der Waals surface area (Å²) in [6, 6.07) is 5.42. The van der Waals surface area contributed by atoms with E-state index in [0.717, 1.165) is 6.07 Å². The highest BCUT2D eigenvalue weighted by atomic mass is 19.4. The average Bonchev–Trinajstić information content (AvgIpc) is 2.96. The van der Waals surface area contributed by atoms with Gasteiger partial charge in [-0.2, -0.15) is 5.26 Å². The fourth-order valence-corrected chi connectivity index (χ4v) is 2.57. The van der Waals surface area contributed by atoms with Crippen LogP contribution in [0, 0.1) is 11.3 Å². The number of hydrogen-bond acceptors (Lipinski definition) is 5. The molecule has 0 saturated carbocycles. The Morgan fingerprint density at radius 3 is 2.84 bits per heavy atom. The van der Waals surface area contributed by atoms with Gasteiger partial charge in [0, 0.05) is 18.0 Å². The number of pyridine rings is 1. The van der Waals surface area contributed by atoms with E-state index in [4.69, 9.17) is 10.00 Å². The summed E-state index contributed by atoms with van der Waals surface area (Å²) in [4.78, 5) is 15.2. The number of carbonyl (C=O) groups is 1. The van der Waals surface area contributed by atoms with Crippen LogP contribution in [0.3, 0.4) is 0 Å². The van der Waals surface area contributed by atoms with Gasteiger partial charge in [0.15, 0.2) is 0 Å². The minimum absolute atomic E-state index is 0.0704. The van der Waals surface area contributed by atoms with Gasteiger partial charge in [-0.25, -0.2) is 4.98 Å². The number of benzene rings is 1. The third-order valence-electron chi connectivity index (χ3n) is 3.68. The van der Waals surface area contributed by atoms with Crippen LogP contribution in [0.1, 0.15) is 18.4 Å². The second-order valence-corrected chi connectivity index (χ2v) is 5.46. The standard InChI is InChI=1S/C16H12F3N3O3/c17-16(18,19)25-13-6-12-9(5-10(13)7-20)3-4-21-15(12)24-8-11-1-2-14(23)22-11/h3-6,11H,1-2,8H2,(H,22,23)/t11-/m0/s1. The smallest absolute Gasteiger partial charge is 0.475 e. The average molecular weight is 351 g/mol. The molecule has 1 aromatic heterocycles. The molecular formula is C16H12F3N3O3. The molecule has 6 nitrogen and oxygen atoms in total. The minimum Gasteiger partial charge on any atom is -0.475 e. The maximum absolute atomic E-state index is 12.5. The van der Waals surface area contributed by atoms with Crippen molar-refractivity contribution in [2.75, 3.05) is 6.61 Å². The van der Waals surface area contributed by atoms with Crippen molar-refractivity contribution in [2.45, 2.75) is 25.2 Å². The number of aromatic nitrogens is 1. The van der Waals surface area contributed by atoms with Crippen molar-refractivity contribution in [2.24, 2.45) is 0 Å². The zero-order valence-corrected chi connectivity index (χ0v) is 12.8. The third-order valence-corrected chi connectivity index (χ3v) is 3.68. The van der Waals surface area contributed by atoms with Crippen molar-refractivity contribution in [3.8, 4) is 17.7 Å². The van der Waals surface area contributed by atoms with Crippen LogP contribution in [0.4, 0.5) is 13.2 Å². The van der Waals surface area contributed by atoms with Gasteiger partial charge in [0.1, 0.15) is 18.4 Å². The first-order valence-corrected chi connectivity index (χ1v) is 7.36. The second kappa shape index (κ2) is 6.47. The summed E-state index contributed by atoms with van der Waals surface area (Å²) in [5.74, 6) is -0.580. The number of rotatable bonds is 4. The van der Waals surface area contributed by atoms with Crippen molar-refractivity contribution in [1.29, 1.82) is 5.26 Å². The fraction of sp³-hybridized carbons (Fsp3) is 0.312. The zero-order valence-electron chi connectivity index (χ0n) is 12.8. The number of ether oxygens (including phenoxy) is 2. The van der Waals surface area contributed by atoms with E-state index in [0.29, 0.717) is 18.2 Å². The molecule has 2 aromatic rings. The Bertz CT molecular complexity index is 861. The number of carbonyl (C=O) groups excluding carboxylic acids is 1. The van der Waals surface area contributed by atoms with Gasteiger partial charge in [-0.3, -0.25) is 4.79 Å². The lowest BCUT2D eigenvalue weighted by Gasteiger charge is -2.14. The number of halogens is 3. The largest absolute Gasteiger partial charge is 0.573 e. The van der Waals surface area contributed by atoms with Crippen molar-refractivity contribution in [3.63, 3.8) is 0 Å². The summed E-state index contributed by atoms with van der Waals surface area (Å²) in [5, 5.41) is 12.5. The number of fused-ring (bicyclic) bond motifs is 1. The van der Waals surface area contributed by atoms with Gasteiger partial charge in [-0.15, -0.1) is 13.2 Å². The molecule has 0 aliphatic carbocycles. The predicted molar refractivity (Wildman–Crippen MR) is 79.8 cm³/mol. The first-order chi connectivity index (χ1) is 11.9. The predicted octanol–water partition coefficient (Wildman–Crippen LogP) is 2.66. The SMILES string of the molecule is N#Cc1cc2ccnc(OC[C@@H]3CCC(=O)N3)c2cc1OC(F)(F)F. The van der Waals surface area contributed by atoms with Crippen molar-refractivity contribution in [1.82, 2.24) is 10.3 Å². The molecule has 1 atom stereocenters. The van der Waals surface area contributed by atoms with Crippen LogP contribution in [-0.2, 0) is 4.79 Å². The zero-order chi connectivity index (χ0) is 18.0. The highest BCUT2D eigenvalue weighted by molar-refractivity contribution is 5.89. The lowest BCUT2D eigenvalue weighted by Crippen LogP contribution is -2.31. The molecule has 9 heteroatoms. The first kappa shape index (κ1) is 16.8. The summed E-state index contributed by atoms with van der Waals surface area (Å²) < 4.78 is 47.1. The topological polar surface area (TPSA) is 84.2 Å². The molecule has 1 saturated heterocycles. The van der Waals surface area contributed by atoms with Gasteiger partial charge < -0.3 is 14.8 Å². The van der Waals surface area contributed by atoms with Crippen LogP contribution in [0.25, 0.3) is 10.8 Å². The van der Waals surface area contributed by atoms with Crippen LogP contribution in [0.15, 0.2) is 24.4 Å². The molecule has 1 aliphatic heterocycles. The summed E-state index contributed by atoms with van der Waals surface area (Å²) in [6.45, 7) is 0.146. The Morgan fingerprint density at radius 1 is 1.40 bits per heavy atom. The number of hydrogen-bond donors (Lipinski definition) is 1. The maximum atomic E-state index is 12.5. The Hall–Kier alpha value is -3.02. The Kier molecular flexibility index (Phi) is 4.35. The minimum atomic E-state index is -4.92. The van der Waals surface area contributed by atoms with E-state index in [1.165, 1.54) is 12.3 Å². The molecule has 1 aromatic carbocycles. The molecule has 1 N–H and O–H groups in total. The molecule has 0 bridgehead atoms. The van der Waals surface area contributed by atoms with Gasteiger partial charge >= 0.3 is 6.36 Å². The highest BCUT2D eigenvalue weighted by Crippen LogP contribution is 2.33. The van der Waals surface area contributed by atoms with Gasteiger partial charge in [0.25, 0.3) is 0 Å². The second-order valence-electron chi connectivity index (χ2n) is 5.46. The Morgan fingerprint density at radius 2 is 2.20 bits per heavy atom. The van der Waals surface area contributed by atoms with E-state index >= 15 is 0 Å². The van der Waals surface area contributed by atoms with Gasteiger partial charge in [-0.05, 0) is 30.0 Å². The monoisotopic (exact) mass is 351 g/mol. The first-order valence-electron chi connectivity index (χ1n) is 7.36. The lowest BCUT2D eigenvalue weighted by atomic mass is 10.1. The molecule has 1 amide bonds. The lowest BCUT2D eigenvalue weighted by molar-refractivity contribution is -0.274. The summed E-state index contributed by atoms with van der Waals surface area (Å²) in [5.41, 5.74) is -0.245. The molecule has 130 valence electrons. The van der Waals surface area contributed by atoms with Gasteiger partial charge in [-0.1, -0.05) is 0 Å². The molecule has 3 rings (SSSR count). The normalized spacial score (nSPS) is 17.2. The van der Waals surface area contributed by atoms with E-state index < -0.39 is 12.1 Å². The summed E-state index contributed by atoms with van der Waals surface area (Å²) in [7, 11) is 0. The van der Waals surface area contributed by atoms with Crippen molar-refractivity contribution >= 4 is 16.7 Å². The molecule has 0 spiro atoms. The van der Waals surface area contributed by atoms with Crippen LogP contribution in [0.5, 0.6) is 11.6 Å². The molecule has 0 radical (unpaired) electrons. The van der Waals surface area contributed by atoms with Crippen molar-refractivity contribution in [3.05, 3.63) is 30.0 Å². The fourth-order valence-electron chi connectivity index (χ4n) is 2.57. The Labute approximate surface area is 140 Å².